The summed E-state index contributed by atoms with van der Waals surface area (Å²) < 4.78 is 13.1. The van der Waals surface area contributed by atoms with Crippen molar-refractivity contribution in [2.24, 2.45) is 5.73 Å². The van der Waals surface area contributed by atoms with Gasteiger partial charge in [-0.15, -0.1) is 0 Å². The molecule has 0 spiro atoms. The number of halogens is 2. The number of benzene rings is 1. The Hall–Kier alpha value is -1.13. The molecule has 0 radical (unpaired) electrons. The summed E-state index contributed by atoms with van der Waals surface area (Å²) in [6, 6.07) is 4.42. The lowest BCUT2D eigenvalue weighted by atomic mass is 10.2. The van der Waals surface area contributed by atoms with Gasteiger partial charge in [-0.25, -0.2) is 4.39 Å². The first-order valence-electron chi connectivity index (χ1n) is 4.03. The van der Waals surface area contributed by atoms with E-state index in [1.807, 2.05) is 0 Å². The molecule has 0 atom stereocenters. The molecule has 76 valence electrons. The minimum atomic E-state index is -0.488. The molecule has 1 amide bonds. The lowest BCUT2D eigenvalue weighted by Crippen LogP contribution is -2.28. The van der Waals surface area contributed by atoms with Crippen LogP contribution >= 0.6 is 11.6 Å². The summed E-state index contributed by atoms with van der Waals surface area (Å²) in [7, 11) is 0. The van der Waals surface area contributed by atoms with Gasteiger partial charge in [-0.3, -0.25) is 4.79 Å². The van der Waals surface area contributed by atoms with Crippen LogP contribution in [0.4, 0.5) is 4.39 Å². The van der Waals surface area contributed by atoms with Crippen molar-refractivity contribution in [3.63, 3.8) is 0 Å². The smallest absolute Gasteiger partial charge is 0.231 e. The monoisotopic (exact) mass is 216 g/mol. The molecule has 0 aliphatic rings. The highest BCUT2D eigenvalue weighted by atomic mass is 35.5. The van der Waals surface area contributed by atoms with E-state index in [2.05, 4.69) is 5.32 Å². The van der Waals surface area contributed by atoms with Crippen LogP contribution in [0.25, 0.3) is 0 Å². The third-order valence-electron chi connectivity index (χ3n) is 1.66. The molecule has 0 aromatic heterocycles. The van der Waals surface area contributed by atoms with Crippen LogP contribution in [0, 0.1) is 5.82 Å². The third kappa shape index (κ3) is 2.97. The van der Waals surface area contributed by atoms with Crippen LogP contribution < -0.4 is 11.1 Å². The molecule has 14 heavy (non-hydrogen) atoms. The molecule has 0 aliphatic heterocycles. The van der Waals surface area contributed by atoms with Gasteiger partial charge >= 0.3 is 0 Å². The molecule has 0 unspecified atom stereocenters. The number of amides is 1. The molecule has 5 heteroatoms. The van der Waals surface area contributed by atoms with Crippen molar-refractivity contribution in [3.05, 3.63) is 34.6 Å². The second-order valence-corrected chi connectivity index (χ2v) is 3.18. The summed E-state index contributed by atoms with van der Waals surface area (Å²) in [5.41, 5.74) is 5.25. The number of nitrogens with one attached hydrogen (secondary N) is 1. The fourth-order valence-corrected chi connectivity index (χ4v) is 1.24. The van der Waals surface area contributed by atoms with Gasteiger partial charge in [0.15, 0.2) is 0 Å². The van der Waals surface area contributed by atoms with Crippen LogP contribution in [0.15, 0.2) is 18.2 Å². The summed E-state index contributed by atoms with van der Waals surface area (Å²) in [6.07, 6.45) is 0. The van der Waals surface area contributed by atoms with E-state index >= 15 is 0 Å². The van der Waals surface area contributed by atoms with Crippen molar-refractivity contribution in [2.75, 3.05) is 6.54 Å². The molecule has 0 aliphatic carbocycles. The van der Waals surface area contributed by atoms with Crippen molar-refractivity contribution < 1.29 is 9.18 Å². The van der Waals surface area contributed by atoms with E-state index in [0.717, 1.165) is 0 Å². The summed E-state index contributed by atoms with van der Waals surface area (Å²) in [5, 5.41) is 3.02. The van der Waals surface area contributed by atoms with Crippen LogP contribution in [0.2, 0.25) is 5.02 Å². The topological polar surface area (TPSA) is 55.1 Å². The molecule has 3 N–H and O–H groups in total. The molecular weight excluding hydrogens is 207 g/mol. The lowest BCUT2D eigenvalue weighted by molar-refractivity contribution is -0.117. The zero-order chi connectivity index (χ0) is 10.6. The average molecular weight is 217 g/mol. The molecule has 3 nitrogen and oxygen atoms in total. The molecule has 0 saturated heterocycles. The standard InChI is InChI=1S/C9H10ClFN2O/c10-7-2-1-3-8(11)6(7)4-13-5-9(12)14/h1-3,13H,4-5H2,(H2,12,14). The maximum atomic E-state index is 13.1. The van der Waals surface area contributed by atoms with Crippen molar-refractivity contribution in [1.29, 1.82) is 0 Å². The van der Waals surface area contributed by atoms with E-state index in [9.17, 15) is 9.18 Å². The summed E-state index contributed by atoms with van der Waals surface area (Å²) in [5.74, 6) is -0.882. The molecule has 1 rings (SSSR count). The molecule has 1 aromatic carbocycles. The predicted molar refractivity (Wildman–Crippen MR) is 52.3 cm³/mol. The highest BCUT2D eigenvalue weighted by Gasteiger charge is 2.06. The van der Waals surface area contributed by atoms with E-state index in [0.29, 0.717) is 10.6 Å². The number of carbonyl (C=O) groups is 1. The fourth-order valence-electron chi connectivity index (χ4n) is 1.01. The van der Waals surface area contributed by atoms with Crippen LogP contribution in [-0.2, 0) is 11.3 Å². The Bertz CT molecular complexity index is 323. The third-order valence-corrected chi connectivity index (χ3v) is 2.02. The second-order valence-electron chi connectivity index (χ2n) is 2.77. The molecule has 0 heterocycles. The summed E-state index contributed by atoms with van der Waals surface area (Å²) >= 11 is 5.75. The molecular formula is C9H10ClFN2O. The molecule has 0 fully saturated rings. The van der Waals surface area contributed by atoms with Crippen molar-refractivity contribution in [3.8, 4) is 0 Å². The van der Waals surface area contributed by atoms with E-state index < -0.39 is 11.7 Å². The van der Waals surface area contributed by atoms with Crippen LogP contribution in [0.5, 0.6) is 0 Å². The summed E-state index contributed by atoms with van der Waals surface area (Å²) in [6.45, 7) is 0.194. The Balaban J connectivity index is 2.62. The van der Waals surface area contributed by atoms with Gasteiger partial charge in [0.05, 0.1) is 6.54 Å². The molecule has 0 saturated carbocycles. The van der Waals surface area contributed by atoms with Gasteiger partial charge in [-0.1, -0.05) is 17.7 Å². The van der Waals surface area contributed by atoms with Crippen molar-refractivity contribution in [1.82, 2.24) is 5.32 Å². The average Bonchev–Trinajstić information content (AvgIpc) is 2.09. The van der Waals surface area contributed by atoms with E-state index in [1.54, 1.807) is 6.07 Å². The van der Waals surface area contributed by atoms with Crippen LogP contribution in [0.3, 0.4) is 0 Å². The number of primary amides is 1. The normalized spacial score (nSPS) is 10.1. The predicted octanol–water partition coefficient (Wildman–Crippen LogP) is 1.05. The molecule has 1 aromatic rings. The Labute approximate surface area is 86.0 Å². The van der Waals surface area contributed by atoms with Crippen molar-refractivity contribution >= 4 is 17.5 Å². The second kappa shape index (κ2) is 4.93. The van der Waals surface area contributed by atoms with Gasteiger partial charge in [0.25, 0.3) is 0 Å². The first-order chi connectivity index (χ1) is 6.61. The lowest BCUT2D eigenvalue weighted by Gasteiger charge is -2.05. The van der Waals surface area contributed by atoms with Gasteiger partial charge in [-0.05, 0) is 12.1 Å². The van der Waals surface area contributed by atoms with Crippen molar-refractivity contribution in [2.45, 2.75) is 6.54 Å². The highest BCUT2D eigenvalue weighted by molar-refractivity contribution is 6.31. The van der Waals surface area contributed by atoms with Gasteiger partial charge in [0.2, 0.25) is 5.91 Å². The number of hydrogen-bond donors (Lipinski definition) is 2. The fraction of sp³-hybridized carbons (Fsp3) is 0.222. The van der Waals surface area contributed by atoms with Crippen LogP contribution in [-0.4, -0.2) is 12.5 Å². The Kier molecular flexibility index (Phi) is 3.85. The minimum absolute atomic E-state index is 0.00463. The maximum Gasteiger partial charge on any atom is 0.231 e. The van der Waals surface area contributed by atoms with E-state index in [4.69, 9.17) is 17.3 Å². The minimum Gasteiger partial charge on any atom is -0.369 e. The Morgan fingerprint density at radius 3 is 2.86 bits per heavy atom. The van der Waals surface area contributed by atoms with Crippen LogP contribution in [0.1, 0.15) is 5.56 Å². The zero-order valence-electron chi connectivity index (χ0n) is 7.39. The highest BCUT2D eigenvalue weighted by Crippen LogP contribution is 2.18. The first kappa shape index (κ1) is 10.9. The van der Waals surface area contributed by atoms with E-state index in [-0.39, 0.29) is 13.1 Å². The van der Waals surface area contributed by atoms with E-state index in [1.165, 1.54) is 12.1 Å². The van der Waals surface area contributed by atoms with Gasteiger partial charge in [0, 0.05) is 17.1 Å². The largest absolute Gasteiger partial charge is 0.369 e. The number of nitrogens with two attached hydrogens (primary N) is 1. The number of rotatable bonds is 4. The first-order valence-corrected chi connectivity index (χ1v) is 4.41. The Morgan fingerprint density at radius 2 is 2.29 bits per heavy atom. The number of carbonyl (C=O) groups excluding carboxylic acids is 1. The number of hydrogen-bond acceptors (Lipinski definition) is 2. The van der Waals surface area contributed by atoms with Gasteiger partial charge in [0.1, 0.15) is 5.82 Å². The van der Waals surface area contributed by atoms with Gasteiger partial charge < -0.3 is 11.1 Å². The zero-order valence-corrected chi connectivity index (χ0v) is 8.14. The Morgan fingerprint density at radius 1 is 1.57 bits per heavy atom. The quantitative estimate of drug-likeness (QED) is 0.791. The maximum absolute atomic E-state index is 13.1. The summed E-state index contributed by atoms with van der Waals surface area (Å²) in [4.78, 5) is 10.4. The van der Waals surface area contributed by atoms with Gasteiger partial charge in [-0.2, -0.15) is 0 Å². The molecule has 0 bridgehead atoms. The SMILES string of the molecule is NC(=O)CNCc1c(F)cccc1Cl.